The van der Waals surface area contributed by atoms with Gasteiger partial charge in [0.25, 0.3) is 0 Å². The second-order valence-electron chi connectivity index (χ2n) is 11.1. The highest BCUT2D eigenvalue weighted by Crippen LogP contribution is 2.39. The number of esters is 1. The van der Waals surface area contributed by atoms with Crippen LogP contribution in [0.25, 0.3) is 22.3 Å². The number of hydrogen-bond acceptors (Lipinski definition) is 18. The monoisotopic (exact) mass is 682 g/mol. The molecule has 2 fully saturated rings. The van der Waals surface area contributed by atoms with Gasteiger partial charge in [0.05, 0.1) is 13.7 Å². The number of rotatable bonds is 9. The highest BCUT2D eigenvalue weighted by atomic mass is 16.7. The van der Waals surface area contributed by atoms with Crippen molar-refractivity contribution < 1.29 is 83.6 Å². The van der Waals surface area contributed by atoms with Crippen LogP contribution in [0, 0.1) is 0 Å². The van der Waals surface area contributed by atoms with Gasteiger partial charge in [0.2, 0.25) is 17.5 Å². The van der Waals surface area contributed by atoms with Crippen LogP contribution < -0.4 is 14.9 Å². The number of aliphatic hydroxyl groups excluding tert-OH is 6. The third-order valence-corrected chi connectivity index (χ3v) is 7.81. The van der Waals surface area contributed by atoms with Gasteiger partial charge in [0.1, 0.15) is 77.9 Å². The molecule has 3 heterocycles. The normalized spacial score (nSPS) is 30.6. The molecule has 2 aliphatic heterocycles. The van der Waals surface area contributed by atoms with E-state index in [0.717, 1.165) is 19.1 Å². The molecule has 0 amide bonds. The van der Waals surface area contributed by atoms with E-state index in [0.29, 0.717) is 0 Å². The van der Waals surface area contributed by atoms with Crippen molar-refractivity contribution in [2.75, 3.05) is 20.3 Å². The summed E-state index contributed by atoms with van der Waals surface area (Å²) in [6.45, 7) is -0.0826. The molecule has 1 aromatic heterocycles. The van der Waals surface area contributed by atoms with Gasteiger partial charge >= 0.3 is 5.97 Å². The molecule has 0 unspecified atom stereocenters. The fraction of sp³-hybridized carbons (Fsp3) is 0.467. The van der Waals surface area contributed by atoms with Crippen molar-refractivity contribution in [1.82, 2.24) is 0 Å². The summed E-state index contributed by atoms with van der Waals surface area (Å²) >= 11 is 0. The lowest BCUT2D eigenvalue weighted by atomic mass is 9.98. The molecule has 3 aromatic rings. The molecule has 0 radical (unpaired) electrons. The summed E-state index contributed by atoms with van der Waals surface area (Å²) in [6, 6.07) is 5.74. The van der Waals surface area contributed by atoms with E-state index in [1.165, 1.54) is 25.3 Å². The van der Waals surface area contributed by atoms with Crippen LogP contribution in [0.4, 0.5) is 0 Å². The lowest BCUT2D eigenvalue weighted by Gasteiger charge is -2.42. The molecular weight excluding hydrogens is 648 g/mol. The molecule has 10 atom stereocenters. The number of carbonyl (C=O) groups excluding carboxylic acids is 1. The first-order valence-electron chi connectivity index (χ1n) is 14.4. The summed E-state index contributed by atoms with van der Waals surface area (Å²) in [5.41, 5.74) is -1.20. The van der Waals surface area contributed by atoms with Crippen LogP contribution in [0.2, 0.25) is 0 Å². The van der Waals surface area contributed by atoms with E-state index in [1.54, 1.807) is 0 Å². The van der Waals surface area contributed by atoms with E-state index in [4.69, 9.17) is 32.8 Å². The number of aromatic hydroxyl groups is 3. The van der Waals surface area contributed by atoms with E-state index >= 15 is 0 Å². The summed E-state index contributed by atoms with van der Waals surface area (Å²) < 4.78 is 38.1. The topological polar surface area (TPSA) is 285 Å². The Kier molecular flexibility index (Phi) is 10.3. The second-order valence-corrected chi connectivity index (χ2v) is 11.1. The third kappa shape index (κ3) is 6.83. The van der Waals surface area contributed by atoms with Crippen molar-refractivity contribution in [3.63, 3.8) is 0 Å². The van der Waals surface area contributed by atoms with Crippen LogP contribution in [-0.2, 0) is 23.7 Å². The third-order valence-electron chi connectivity index (χ3n) is 7.81. The smallest absolute Gasteiger partial charge is 0.302 e. The summed E-state index contributed by atoms with van der Waals surface area (Å²) in [6.07, 6.45) is -17.5. The molecule has 2 saturated heterocycles. The standard InChI is InChI=1S/C30H34O18/c1-10(31)43-8-17-20(35)23(38)25(40)29(46-17)44-9-18-21(36)24(39)26(41)30(47-18)48-28-22(37)19-14(34)6-12(32)7-16(19)45-27(28)11-3-4-13(33)15(5-11)42-2/h3-7,17-18,20-21,23-26,29-30,32-36,38-41H,8-9H2,1-2H3/t17-,18-,20-,21-,23-,24-,25-,26-,29-,30+/m1/s1. The molecule has 2 aromatic carbocycles. The Balaban J connectivity index is 1.44. The molecule has 18 nitrogen and oxygen atoms in total. The SMILES string of the molecule is COc1cc(-c2oc3cc(O)cc(O)c3c(=O)c2O[C@@H]2O[C@H](CO[C@@H]3O[C@H](COC(C)=O)[C@@H](O)[C@@H](O)[C@H]3O)[C@@H](O)[C@@H](O)[C@H]2O)ccc1O. The van der Waals surface area contributed by atoms with E-state index in [2.05, 4.69) is 0 Å². The maximum Gasteiger partial charge on any atom is 0.302 e. The molecule has 2 aliphatic rings. The van der Waals surface area contributed by atoms with Crippen LogP contribution in [0.3, 0.4) is 0 Å². The van der Waals surface area contributed by atoms with E-state index in [-0.39, 0.29) is 28.4 Å². The van der Waals surface area contributed by atoms with E-state index < -0.39 is 109 Å². The number of aliphatic hydroxyl groups is 6. The van der Waals surface area contributed by atoms with Crippen LogP contribution in [-0.4, -0.2) is 134 Å². The molecule has 5 rings (SSSR count). The van der Waals surface area contributed by atoms with Crippen LogP contribution >= 0.6 is 0 Å². The van der Waals surface area contributed by atoms with Gasteiger partial charge in [-0.2, -0.15) is 0 Å². The Labute approximate surface area is 270 Å². The predicted molar refractivity (Wildman–Crippen MR) is 156 cm³/mol. The van der Waals surface area contributed by atoms with Crippen LogP contribution in [0.1, 0.15) is 6.92 Å². The minimum Gasteiger partial charge on any atom is -0.508 e. The molecule has 262 valence electrons. The lowest BCUT2D eigenvalue weighted by Crippen LogP contribution is -2.62. The zero-order chi connectivity index (χ0) is 35.0. The van der Waals surface area contributed by atoms with Gasteiger partial charge in [-0.25, -0.2) is 0 Å². The highest BCUT2D eigenvalue weighted by Gasteiger charge is 2.48. The van der Waals surface area contributed by atoms with Crippen LogP contribution in [0.5, 0.6) is 28.7 Å². The molecule has 0 aliphatic carbocycles. The predicted octanol–water partition coefficient (Wildman–Crippen LogP) is -1.84. The number of phenolic OH excluding ortho intramolecular Hbond substituents is 3. The first-order chi connectivity index (χ1) is 22.7. The summed E-state index contributed by atoms with van der Waals surface area (Å²) in [4.78, 5) is 24.9. The Morgan fingerprint density at radius 1 is 0.792 bits per heavy atom. The van der Waals surface area contributed by atoms with Gasteiger partial charge in [-0.3, -0.25) is 9.59 Å². The first kappa shape index (κ1) is 35.1. The van der Waals surface area contributed by atoms with Crippen molar-refractivity contribution >= 4 is 16.9 Å². The van der Waals surface area contributed by atoms with E-state index in [9.17, 15) is 55.5 Å². The Bertz CT molecular complexity index is 1690. The van der Waals surface area contributed by atoms with Crippen molar-refractivity contribution in [2.24, 2.45) is 0 Å². The maximum absolute atomic E-state index is 13.7. The first-order valence-corrected chi connectivity index (χ1v) is 14.4. The summed E-state index contributed by atoms with van der Waals surface area (Å²) in [5.74, 6) is -3.14. The number of hydrogen-bond donors (Lipinski definition) is 9. The molecule has 9 N–H and O–H groups in total. The van der Waals surface area contributed by atoms with Gasteiger partial charge in [-0.05, 0) is 18.2 Å². The van der Waals surface area contributed by atoms with Crippen molar-refractivity contribution in [3.8, 4) is 40.1 Å². The number of carbonyl (C=O) groups is 1. The number of phenols is 3. The largest absolute Gasteiger partial charge is 0.508 e. The molecule has 48 heavy (non-hydrogen) atoms. The average Bonchev–Trinajstić information content (AvgIpc) is 3.04. The average molecular weight is 683 g/mol. The van der Waals surface area contributed by atoms with Gasteiger partial charge in [0.15, 0.2) is 23.5 Å². The fourth-order valence-electron chi connectivity index (χ4n) is 5.23. The zero-order valence-electron chi connectivity index (χ0n) is 25.3. The quantitative estimate of drug-likeness (QED) is 0.112. The van der Waals surface area contributed by atoms with Gasteiger partial charge in [0, 0.05) is 24.6 Å². The molecule has 0 saturated carbocycles. The van der Waals surface area contributed by atoms with Gasteiger partial charge in [-0.1, -0.05) is 0 Å². The van der Waals surface area contributed by atoms with Crippen molar-refractivity contribution in [3.05, 3.63) is 40.6 Å². The maximum atomic E-state index is 13.7. The van der Waals surface area contributed by atoms with Crippen molar-refractivity contribution in [2.45, 2.75) is 68.3 Å². The Morgan fingerprint density at radius 2 is 1.42 bits per heavy atom. The van der Waals surface area contributed by atoms with Crippen LogP contribution in [0.15, 0.2) is 39.5 Å². The lowest BCUT2D eigenvalue weighted by molar-refractivity contribution is -0.323. The minimum atomic E-state index is -2.00. The van der Waals surface area contributed by atoms with Crippen molar-refractivity contribution in [1.29, 1.82) is 0 Å². The number of methoxy groups -OCH3 is 1. The minimum absolute atomic E-state index is 0.0375. The zero-order valence-corrected chi connectivity index (χ0v) is 25.3. The molecule has 18 heteroatoms. The number of fused-ring (bicyclic) bond motifs is 1. The number of benzene rings is 2. The van der Waals surface area contributed by atoms with Gasteiger partial charge < -0.3 is 78.8 Å². The molecule has 0 bridgehead atoms. The molecule has 0 spiro atoms. The Morgan fingerprint density at radius 3 is 2.06 bits per heavy atom. The summed E-state index contributed by atoms with van der Waals surface area (Å²) in [5, 5.41) is 93.1. The van der Waals surface area contributed by atoms with Gasteiger partial charge in [-0.15, -0.1) is 0 Å². The fourth-order valence-corrected chi connectivity index (χ4v) is 5.23. The summed E-state index contributed by atoms with van der Waals surface area (Å²) in [7, 11) is 1.27. The second kappa shape index (κ2) is 14.1. The molecular formula is C30H34O18. The number of ether oxygens (including phenoxy) is 6. The van der Waals surface area contributed by atoms with E-state index in [1.807, 2.05) is 0 Å². The highest BCUT2D eigenvalue weighted by molar-refractivity contribution is 5.88. The Hall–Kier alpha value is -4.24.